The lowest BCUT2D eigenvalue weighted by Crippen LogP contribution is -2.00. The second-order valence-electron chi connectivity index (χ2n) is 5.68. The Balaban J connectivity index is 1.79. The number of nitrogens with zero attached hydrogens (tertiary/aromatic N) is 4. The molecule has 7 nitrogen and oxygen atoms in total. The van der Waals surface area contributed by atoms with Crippen LogP contribution in [0.25, 0.3) is 0 Å². The van der Waals surface area contributed by atoms with E-state index < -0.39 is 0 Å². The third-order valence-electron chi connectivity index (χ3n) is 3.64. The number of azo groups is 1. The fourth-order valence-electron chi connectivity index (χ4n) is 2.34. The summed E-state index contributed by atoms with van der Waals surface area (Å²) >= 11 is 0. The Bertz CT molecular complexity index is 932. The lowest BCUT2D eigenvalue weighted by atomic mass is 10.2. The number of phenolic OH excluding ortho intramolecular Hbond substituents is 1. The van der Waals surface area contributed by atoms with Crippen LogP contribution in [0.2, 0.25) is 0 Å². The fourth-order valence-corrected chi connectivity index (χ4v) is 2.34. The van der Waals surface area contributed by atoms with Gasteiger partial charge in [0, 0.05) is 30.3 Å². The zero-order valence-corrected chi connectivity index (χ0v) is 14.4. The highest BCUT2D eigenvalue weighted by Crippen LogP contribution is 2.20. The Morgan fingerprint density at radius 2 is 1.81 bits per heavy atom. The Kier molecular flexibility index (Phi) is 6.01. The van der Waals surface area contributed by atoms with Crippen LogP contribution >= 0.6 is 0 Å². The van der Waals surface area contributed by atoms with Crippen LogP contribution in [0.5, 0.6) is 5.75 Å². The number of aliphatic hydroxyl groups excluding tert-OH is 1. The minimum absolute atomic E-state index is 0.0680. The van der Waals surface area contributed by atoms with Gasteiger partial charge >= 0.3 is 0 Å². The lowest BCUT2D eigenvalue weighted by Gasteiger charge is -2.08. The summed E-state index contributed by atoms with van der Waals surface area (Å²) in [5, 5.41) is 30.0. The van der Waals surface area contributed by atoms with E-state index in [1.54, 1.807) is 42.5 Å². The normalized spacial score (nSPS) is 11.0. The van der Waals surface area contributed by atoms with Gasteiger partial charge in [0.25, 0.3) is 5.95 Å². The van der Waals surface area contributed by atoms with E-state index in [4.69, 9.17) is 0 Å². The summed E-state index contributed by atoms with van der Waals surface area (Å²) in [6, 6.07) is 14.4. The molecule has 3 N–H and O–H groups in total. The molecule has 0 aliphatic carbocycles. The maximum Gasteiger partial charge on any atom is 0.270 e. The zero-order chi connectivity index (χ0) is 19.1. The molecule has 0 bridgehead atoms. The van der Waals surface area contributed by atoms with Crippen molar-refractivity contribution < 1.29 is 14.6 Å². The van der Waals surface area contributed by atoms with Crippen molar-refractivity contribution in [3.63, 3.8) is 0 Å². The monoisotopic (exact) mass is 367 g/mol. The van der Waals surface area contributed by atoms with Crippen molar-refractivity contribution in [2.45, 2.75) is 13.0 Å². The molecule has 1 heterocycles. The first kappa shape index (κ1) is 18.4. The molecule has 3 aromatic rings. The van der Waals surface area contributed by atoms with Gasteiger partial charge in [0.15, 0.2) is 0 Å². The van der Waals surface area contributed by atoms with E-state index in [0.717, 1.165) is 0 Å². The van der Waals surface area contributed by atoms with Crippen LogP contribution < -0.4 is 5.32 Å². The maximum atomic E-state index is 13.0. The predicted octanol–water partition coefficient (Wildman–Crippen LogP) is 3.88. The molecule has 0 fully saturated rings. The molecular formula is C19H18FN5O2. The van der Waals surface area contributed by atoms with Gasteiger partial charge in [-0.05, 0) is 30.3 Å². The molecule has 0 radical (unpaired) electrons. The minimum Gasteiger partial charge on any atom is -0.508 e. The summed E-state index contributed by atoms with van der Waals surface area (Å²) in [6.07, 6.45) is 0.336. The van der Waals surface area contributed by atoms with E-state index >= 15 is 0 Å². The number of hydrogen-bond donors (Lipinski definition) is 3. The number of para-hydroxylation sites is 1. The van der Waals surface area contributed by atoms with Crippen molar-refractivity contribution in [1.29, 1.82) is 0 Å². The number of rotatable bonds is 7. The molecule has 1 aromatic heterocycles. The van der Waals surface area contributed by atoms with Gasteiger partial charge < -0.3 is 15.5 Å². The van der Waals surface area contributed by atoms with E-state index in [0.29, 0.717) is 29.2 Å². The number of aromatic hydroxyl groups is 1. The molecule has 0 saturated carbocycles. The fraction of sp³-hybridized carbons (Fsp3) is 0.158. The van der Waals surface area contributed by atoms with Gasteiger partial charge in [-0.25, -0.2) is 9.37 Å². The van der Waals surface area contributed by atoms with Gasteiger partial charge in [-0.3, -0.25) is 0 Å². The number of hydrogen-bond acceptors (Lipinski definition) is 7. The molecular weight excluding hydrogens is 349 g/mol. The lowest BCUT2D eigenvalue weighted by molar-refractivity contribution is 0.298. The molecule has 0 atom stereocenters. The van der Waals surface area contributed by atoms with Crippen LogP contribution in [0.15, 0.2) is 64.8 Å². The molecule has 0 amide bonds. The average molecular weight is 367 g/mol. The highest BCUT2D eigenvalue weighted by Gasteiger charge is 2.06. The van der Waals surface area contributed by atoms with Crippen molar-refractivity contribution in [2.24, 2.45) is 10.2 Å². The summed E-state index contributed by atoms with van der Waals surface area (Å²) in [4.78, 5) is 8.50. The second-order valence-corrected chi connectivity index (χ2v) is 5.68. The standard InChI is InChI=1S/C19H18FN5O2/c20-14-5-7-15(8-6-14)22-18-11-16(9-10-26)23-19(24-18)25-21-12-13-3-1-2-4-17(13)27/h1-8,11,26-27H,9-10,12H2,(H,22,23,24). The van der Waals surface area contributed by atoms with Gasteiger partial charge in [-0.15, -0.1) is 5.11 Å². The van der Waals surface area contributed by atoms with Crippen molar-refractivity contribution in [3.05, 3.63) is 71.7 Å². The Morgan fingerprint density at radius 1 is 1.04 bits per heavy atom. The number of halogens is 1. The van der Waals surface area contributed by atoms with Crippen molar-refractivity contribution >= 4 is 17.5 Å². The van der Waals surface area contributed by atoms with Crippen LogP contribution in [-0.4, -0.2) is 26.8 Å². The topological polar surface area (TPSA) is 103 Å². The summed E-state index contributed by atoms with van der Waals surface area (Å²) in [5.74, 6) is 0.394. The quantitative estimate of drug-likeness (QED) is 0.550. The van der Waals surface area contributed by atoms with Gasteiger partial charge in [-0.2, -0.15) is 10.1 Å². The number of aliphatic hydroxyl groups is 1. The van der Waals surface area contributed by atoms with E-state index in [2.05, 4.69) is 25.5 Å². The first-order chi connectivity index (χ1) is 13.1. The number of phenols is 1. The molecule has 0 unspecified atom stereocenters. The molecule has 0 aliphatic rings. The van der Waals surface area contributed by atoms with Gasteiger partial charge in [0.2, 0.25) is 0 Å². The van der Waals surface area contributed by atoms with Gasteiger partial charge in [0.1, 0.15) is 17.4 Å². The molecule has 2 aromatic carbocycles. The largest absolute Gasteiger partial charge is 0.508 e. The van der Waals surface area contributed by atoms with E-state index in [-0.39, 0.29) is 30.7 Å². The van der Waals surface area contributed by atoms with Crippen molar-refractivity contribution in [1.82, 2.24) is 9.97 Å². The third-order valence-corrected chi connectivity index (χ3v) is 3.64. The number of nitrogens with one attached hydrogen (secondary N) is 1. The summed E-state index contributed by atoms with van der Waals surface area (Å²) in [6.45, 7) is 0.114. The van der Waals surface area contributed by atoms with E-state index in [9.17, 15) is 14.6 Å². The summed E-state index contributed by atoms with van der Waals surface area (Å²) in [7, 11) is 0. The molecule has 138 valence electrons. The number of aromatic nitrogens is 2. The highest BCUT2D eigenvalue weighted by atomic mass is 19.1. The Labute approximate surface area is 155 Å². The summed E-state index contributed by atoms with van der Waals surface area (Å²) < 4.78 is 13.0. The molecule has 27 heavy (non-hydrogen) atoms. The SMILES string of the molecule is OCCc1cc(Nc2ccc(F)cc2)nc(N=NCc2ccccc2O)n1. The molecule has 3 rings (SSSR count). The highest BCUT2D eigenvalue weighted by molar-refractivity contribution is 5.57. The predicted molar refractivity (Wildman–Crippen MR) is 98.8 cm³/mol. The first-order valence-electron chi connectivity index (χ1n) is 8.30. The molecule has 8 heteroatoms. The summed E-state index contributed by atoms with van der Waals surface area (Å²) in [5.41, 5.74) is 1.88. The van der Waals surface area contributed by atoms with Gasteiger partial charge in [0.05, 0.1) is 12.2 Å². The van der Waals surface area contributed by atoms with E-state index in [1.807, 2.05) is 0 Å². The third kappa shape index (κ3) is 5.29. The zero-order valence-electron chi connectivity index (χ0n) is 14.4. The van der Waals surface area contributed by atoms with Crippen molar-refractivity contribution in [2.75, 3.05) is 11.9 Å². The first-order valence-corrected chi connectivity index (χ1v) is 8.30. The number of benzene rings is 2. The average Bonchev–Trinajstić information content (AvgIpc) is 2.65. The van der Waals surface area contributed by atoms with Crippen LogP contribution in [0.3, 0.4) is 0 Å². The van der Waals surface area contributed by atoms with E-state index in [1.165, 1.54) is 12.1 Å². The second kappa shape index (κ2) is 8.81. The number of anilines is 2. The van der Waals surface area contributed by atoms with Crippen LogP contribution in [0.4, 0.5) is 21.8 Å². The molecule has 0 spiro atoms. The smallest absolute Gasteiger partial charge is 0.270 e. The van der Waals surface area contributed by atoms with Crippen LogP contribution in [0.1, 0.15) is 11.3 Å². The Hall–Kier alpha value is -3.39. The maximum absolute atomic E-state index is 13.0. The minimum atomic E-state index is -0.331. The van der Waals surface area contributed by atoms with Crippen LogP contribution in [0, 0.1) is 5.82 Å². The van der Waals surface area contributed by atoms with Crippen molar-refractivity contribution in [3.8, 4) is 5.75 Å². The molecule has 0 aliphatic heterocycles. The van der Waals surface area contributed by atoms with Crippen LogP contribution in [-0.2, 0) is 13.0 Å². The molecule has 0 saturated heterocycles. The Morgan fingerprint density at radius 3 is 2.56 bits per heavy atom. The van der Waals surface area contributed by atoms with Gasteiger partial charge in [-0.1, -0.05) is 18.2 Å².